The van der Waals surface area contributed by atoms with E-state index in [1.165, 1.54) is 6.20 Å². The molecule has 1 atom stereocenters. The van der Waals surface area contributed by atoms with Gasteiger partial charge in [0.1, 0.15) is 12.2 Å². The van der Waals surface area contributed by atoms with Gasteiger partial charge in [0.25, 0.3) is 0 Å². The second-order valence-electron chi connectivity index (χ2n) is 5.60. The normalized spacial score (nSPS) is 18.4. The summed E-state index contributed by atoms with van der Waals surface area (Å²) >= 11 is 5.75. The van der Waals surface area contributed by atoms with Gasteiger partial charge in [-0.25, -0.2) is 4.98 Å². The molecule has 0 radical (unpaired) electrons. The highest BCUT2D eigenvalue weighted by molar-refractivity contribution is 6.49. The summed E-state index contributed by atoms with van der Waals surface area (Å²) in [5.41, 5.74) is 2.03. The molecule has 3 rings (SSSR count). The highest BCUT2D eigenvalue weighted by Crippen LogP contribution is 2.34. The largest absolute Gasteiger partial charge is 0.466 e. The van der Waals surface area contributed by atoms with Gasteiger partial charge >= 0.3 is 13.5 Å². The first-order chi connectivity index (χ1) is 11.9. The third-order valence-corrected chi connectivity index (χ3v) is 3.94. The quantitative estimate of drug-likeness (QED) is 0.487. The van der Waals surface area contributed by atoms with Crippen molar-refractivity contribution >= 4 is 30.5 Å². The molecule has 130 valence electrons. The molecular formula is C16H16BClN2O5. The Hall–Kier alpha value is -2.16. The smallest absolute Gasteiger partial charge is 0.313 e. The van der Waals surface area contributed by atoms with E-state index in [9.17, 15) is 9.90 Å². The number of carbonyl (C=O) groups is 1. The monoisotopic (exact) mass is 362 g/mol. The number of esters is 1. The van der Waals surface area contributed by atoms with E-state index in [0.29, 0.717) is 17.2 Å². The van der Waals surface area contributed by atoms with Crippen molar-refractivity contribution in [2.45, 2.75) is 26.1 Å². The van der Waals surface area contributed by atoms with Crippen LogP contribution in [-0.2, 0) is 20.0 Å². The number of hydrogen-bond donors (Lipinski definition) is 1. The molecule has 0 bridgehead atoms. The molecule has 25 heavy (non-hydrogen) atoms. The van der Waals surface area contributed by atoms with Crippen LogP contribution in [0.4, 0.5) is 0 Å². The number of halogens is 1. The third-order valence-electron chi connectivity index (χ3n) is 3.76. The predicted molar refractivity (Wildman–Crippen MR) is 91.3 cm³/mol. The van der Waals surface area contributed by atoms with Gasteiger partial charge < -0.3 is 19.2 Å². The molecule has 1 N–H and O–H groups in total. The predicted octanol–water partition coefficient (Wildman–Crippen LogP) is 1.34. The molecule has 1 aromatic heterocycles. The summed E-state index contributed by atoms with van der Waals surface area (Å²) in [7, 11) is 0.161. The fraction of sp³-hybridized carbons (Fsp3) is 0.312. The molecule has 1 unspecified atom stereocenters. The molecule has 2 heterocycles. The Morgan fingerprint density at radius 1 is 1.48 bits per heavy atom. The fourth-order valence-corrected chi connectivity index (χ4v) is 3.01. The Kier molecular flexibility index (Phi) is 4.94. The summed E-state index contributed by atoms with van der Waals surface area (Å²) in [5.74, 6) is -1.38. The summed E-state index contributed by atoms with van der Waals surface area (Å²) in [6.07, 6.45) is 1.22. The van der Waals surface area contributed by atoms with Crippen molar-refractivity contribution in [2.24, 2.45) is 0 Å². The van der Waals surface area contributed by atoms with E-state index >= 15 is 0 Å². The van der Waals surface area contributed by atoms with Crippen LogP contribution in [0.5, 0.6) is 11.6 Å². The number of rotatable bonds is 5. The van der Waals surface area contributed by atoms with Crippen molar-refractivity contribution in [3.63, 3.8) is 0 Å². The van der Waals surface area contributed by atoms with Gasteiger partial charge in [-0.1, -0.05) is 0 Å². The molecule has 9 heteroatoms. The summed E-state index contributed by atoms with van der Waals surface area (Å²) in [5, 5.41) is 10.8. The van der Waals surface area contributed by atoms with Crippen molar-refractivity contribution in [1.82, 2.24) is 9.97 Å². The Bertz CT molecular complexity index is 819. The zero-order valence-electron chi connectivity index (χ0n) is 13.8. The maximum atomic E-state index is 11.8. The van der Waals surface area contributed by atoms with E-state index in [1.54, 1.807) is 25.1 Å². The van der Waals surface area contributed by atoms with Crippen LogP contribution in [-0.4, -0.2) is 35.1 Å². The number of aliphatic hydroxyl groups is 1. The lowest BCUT2D eigenvalue weighted by molar-refractivity contribution is -0.174. The van der Waals surface area contributed by atoms with Crippen molar-refractivity contribution in [3.8, 4) is 11.6 Å². The lowest BCUT2D eigenvalue weighted by atomic mass is 9.83. The average Bonchev–Trinajstić information content (AvgIpc) is 2.84. The van der Waals surface area contributed by atoms with Gasteiger partial charge in [0, 0.05) is 17.8 Å². The van der Waals surface area contributed by atoms with Crippen molar-refractivity contribution < 1.29 is 24.0 Å². The van der Waals surface area contributed by atoms with Crippen LogP contribution in [0.2, 0.25) is 5.28 Å². The van der Waals surface area contributed by atoms with E-state index in [4.69, 9.17) is 25.7 Å². The summed E-state index contributed by atoms with van der Waals surface area (Å²) in [6, 6.07) is 5.06. The van der Waals surface area contributed by atoms with Gasteiger partial charge in [-0.05, 0) is 48.6 Å². The highest BCUT2D eigenvalue weighted by atomic mass is 35.5. The maximum absolute atomic E-state index is 11.8. The first kappa shape index (κ1) is 17.7. The summed E-state index contributed by atoms with van der Waals surface area (Å²) in [4.78, 5) is 19.5. The third kappa shape index (κ3) is 3.76. The standard InChI is InChI=1S/C16H16BClN2O5/c1-3-23-13(21)8-16(22)14-9(2)6-10(7-11(14)17-25-16)24-12-4-5-19-15(18)20-12/h4-7,17,22H,3,8H2,1-2H3. The molecule has 1 aliphatic heterocycles. The first-order valence-corrected chi connectivity index (χ1v) is 8.11. The Morgan fingerprint density at radius 2 is 2.28 bits per heavy atom. The second kappa shape index (κ2) is 6.99. The van der Waals surface area contributed by atoms with Gasteiger partial charge in [-0.15, -0.1) is 0 Å². The lowest BCUT2D eigenvalue weighted by Crippen LogP contribution is -2.31. The topological polar surface area (TPSA) is 90.8 Å². The molecular weight excluding hydrogens is 346 g/mol. The number of hydrogen-bond acceptors (Lipinski definition) is 7. The summed E-state index contributed by atoms with van der Waals surface area (Å²) < 4.78 is 16.1. The number of nitrogens with zero attached hydrogens (tertiary/aromatic N) is 2. The zero-order valence-corrected chi connectivity index (χ0v) is 14.5. The molecule has 1 aliphatic rings. The van der Waals surface area contributed by atoms with Crippen LogP contribution < -0.4 is 10.2 Å². The molecule has 0 saturated carbocycles. The molecule has 7 nitrogen and oxygen atoms in total. The number of fused-ring (bicyclic) bond motifs is 1. The number of benzene rings is 1. The second-order valence-corrected chi connectivity index (χ2v) is 5.93. The van der Waals surface area contributed by atoms with E-state index in [2.05, 4.69) is 9.97 Å². The molecule has 0 saturated heterocycles. The van der Waals surface area contributed by atoms with Crippen LogP contribution in [0.1, 0.15) is 24.5 Å². The van der Waals surface area contributed by atoms with Crippen LogP contribution in [0.25, 0.3) is 0 Å². The Labute approximate surface area is 150 Å². The molecule has 0 aliphatic carbocycles. The van der Waals surface area contributed by atoms with Gasteiger partial charge in [0.2, 0.25) is 11.2 Å². The van der Waals surface area contributed by atoms with Gasteiger partial charge in [0.05, 0.1) is 6.61 Å². The molecule has 0 amide bonds. The number of aryl methyl sites for hydroxylation is 1. The molecule has 1 aromatic carbocycles. The number of carbonyl (C=O) groups excluding carboxylic acids is 1. The number of aromatic nitrogens is 2. The average molecular weight is 363 g/mol. The zero-order chi connectivity index (χ0) is 18.0. The van der Waals surface area contributed by atoms with Crippen molar-refractivity contribution in [1.29, 1.82) is 0 Å². The Balaban J connectivity index is 1.87. The van der Waals surface area contributed by atoms with Crippen LogP contribution >= 0.6 is 11.6 Å². The minimum atomic E-state index is -1.69. The minimum absolute atomic E-state index is 0.0857. The highest BCUT2D eigenvalue weighted by Gasteiger charge is 2.42. The maximum Gasteiger partial charge on any atom is 0.313 e. The number of ether oxygens (including phenoxy) is 2. The van der Waals surface area contributed by atoms with E-state index in [0.717, 1.165) is 11.0 Å². The van der Waals surface area contributed by atoms with E-state index < -0.39 is 11.8 Å². The van der Waals surface area contributed by atoms with E-state index in [1.807, 2.05) is 6.92 Å². The van der Waals surface area contributed by atoms with Gasteiger partial charge in [-0.2, -0.15) is 4.98 Å². The van der Waals surface area contributed by atoms with Crippen LogP contribution in [0.15, 0.2) is 24.4 Å². The van der Waals surface area contributed by atoms with Crippen molar-refractivity contribution in [3.05, 3.63) is 40.8 Å². The SMILES string of the molecule is CCOC(=O)CC1(O)OBc2cc(Oc3ccnc(Cl)n3)cc(C)c21. The van der Waals surface area contributed by atoms with Gasteiger partial charge in [0.15, 0.2) is 5.79 Å². The van der Waals surface area contributed by atoms with Crippen molar-refractivity contribution in [2.75, 3.05) is 6.61 Å². The fourth-order valence-electron chi connectivity index (χ4n) is 2.87. The molecule has 0 fully saturated rings. The van der Waals surface area contributed by atoms with Gasteiger partial charge in [-0.3, -0.25) is 4.79 Å². The summed E-state index contributed by atoms with van der Waals surface area (Å²) in [6.45, 7) is 3.76. The lowest BCUT2D eigenvalue weighted by Gasteiger charge is -2.25. The minimum Gasteiger partial charge on any atom is -0.466 e. The van der Waals surface area contributed by atoms with E-state index in [-0.39, 0.29) is 25.8 Å². The molecule has 2 aromatic rings. The first-order valence-electron chi connectivity index (χ1n) is 7.73. The van der Waals surface area contributed by atoms with Crippen LogP contribution in [0, 0.1) is 6.92 Å². The van der Waals surface area contributed by atoms with Crippen LogP contribution in [0.3, 0.4) is 0 Å². The molecule has 0 spiro atoms. The Morgan fingerprint density at radius 3 is 3.00 bits per heavy atom.